The summed E-state index contributed by atoms with van der Waals surface area (Å²) in [5.74, 6) is -0.182. The van der Waals surface area contributed by atoms with Crippen LogP contribution in [-0.2, 0) is 9.47 Å². The van der Waals surface area contributed by atoms with E-state index in [2.05, 4.69) is 0 Å². The number of methoxy groups -OCH3 is 1. The maximum Gasteiger partial charge on any atom is 0.374 e. The van der Waals surface area contributed by atoms with Gasteiger partial charge in [-0.15, -0.1) is 0 Å². The molecule has 0 radical (unpaired) electrons. The van der Waals surface area contributed by atoms with Gasteiger partial charge in [0.15, 0.2) is 5.09 Å². The predicted molar refractivity (Wildman–Crippen MR) is 61.9 cm³/mol. The van der Waals surface area contributed by atoms with Gasteiger partial charge in [-0.2, -0.15) is 0 Å². The highest BCUT2D eigenvalue weighted by molar-refractivity contribution is 7.98. The molecule has 1 unspecified atom stereocenters. The maximum absolute atomic E-state index is 11.5. The van der Waals surface area contributed by atoms with Crippen molar-refractivity contribution in [2.75, 3.05) is 20.0 Å². The van der Waals surface area contributed by atoms with Gasteiger partial charge < -0.3 is 13.9 Å². The Morgan fingerprint density at radius 1 is 1.56 bits per heavy atom. The largest absolute Gasteiger partial charge is 0.460 e. The average molecular weight is 244 g/mol. The van der Waals surface area contributed by atoms with E-state index in [1.807, 2.05) is 13.2 Å². The van der Waals surface area contributed by atoms with Crippen molar-refractivity contribution >= 4 is 17.7 Å². The van der Waals surface area contributed by atoms with Gasteiger partial charge in [-0.3, -0.25) is 0 Å². The van der Waals surface area contributed by atoms with Crippen LogP contribution in [0, 0.1) is 0 Å². The number of hydrogen-bond acceptors (Lipinski definition) is 5. The van der Waals surface area contributed by atoms with E-state index in [0.717, 1.165) is 0 Å². The van der Waals surface area contributed by atoms with Crippen LogP contribution in [0.3, 0.4) is 0 Å². The molecule has 0 spiro atoms. The average Bonchev–Trinajstić information content (AvgIpc) is 2.77. The second-order valence-electron chi connectivity index (χ2n) is 3.29. The number of rotatable bonds is 6. The number of hydrogen-bond donors (Lipinski definition) is 0. The smallest absolute Gasteiger partial charge is 0.374 e. The minimum Gasteiger partial charge on any atom is -0.460 e. The number of carbonyl (C=O) groups is 1. The second kappa shape index (κ2) is 6.60. The van der Waals surface area contributed by atoms with Gasteiger partial charge in [0, 0.05) is 13.5 Å². The molecule has 0 aliphatic heterocycles. The first-order chi connectivity index (χ1) is 7.67. The Kier molecular flexibility index (Phi) is 5.42. The normalized spacial score (nSPS) is 12.4. The molecular weight excluding hydrogens is 228 g/mol. The lowest BCUT2D eigenvalue weighted by Crippen LogP contribution is -2.12. The number of carbonyl (C=O) groups excluding carboxylic acids is 1. The SMILES string of the molecule is COC(C)CCOC(=O)c1ccc(SC)o1. The monoisotopic (exact) mass is 244 g/mol. The molecule has 1 aromatic rings. The molecule has 4 nitrogen and oxygen atoms in total. The van der Waals surface area contributed by atoms with E-state index in [4.69, 9.17) is 13.9 Å². The summed E-state index contributed by atoms with van der Waals surface area (Å²) >= 11 is 1.44. The first-order valence-electron chi connectivity index (χ1n) is 5.01. The Balaban J connectivity index is 2.35. The molecule has 90 valence electrons. The summed E-state index contributed by atoms with van der Waals surface area (Å²) in [4.78, 5) is 11.5. The molecule has 0 fully saturated rings. The fraction of sp³-hybridized carbons (Fsp3) is 0.545. The van der Waals surface area contributed by atoms with Gasteiger partial charge in [0.05, 0.1) is 12.7 Å². The highest BCUT2D eigenvalue weighted by Crippen LogP contribution is 2.18. The van der Waals surface area contributed by atoms with Gasteiger partial charge in [-0.1, -0.05) is 11.8 Å². The quantitative estimate of drug-likeness (QED) is 0.568. The van der Waals surface area contributed by atoms with Crippen LogP contribution in [0.25, 0.3) is 0 Å². The van der Waals surface area contributed by atoms with Gasteiger partial charge >= 0.3 is 5.97 Å². The predicted octanol–water partition coefficient (Wildman–Crippen LogP) is 2.58. The Hall–Kier alpha value is -0.940. The van der Waals surface area contributed by atoms with E-state index in [1.54, 1.807) is 19.2 Å². The summed E-state index contributed by atoms with van der Waals surface area (Å²) < 4.78 is 15.3. The van der Waals surface area contributed by atoms with Crippen molar-refractivity contribution in [3.05, 3.63) is 17.9 Å². The van der Waals surface area contributed by atoms with Crippen LogP contribution in [0.1, 0.15) is 23.9 Å². The zero-order valence-corrected chi connectivity index (χ0v) is 10.5. The van der Waals surface area contributed by atoms with Crippen LogP contribution in [0.5, 0.6) is 0 Å². The molecule has 1 atom stereocenters. The Bertz CT molecular complexity index is 334. The molecule has 0 saturated carbocycles. The molecule has 0 saturated heterocycles. The third-order valence-electron chi connectivity index (χ3n) is 2.14. The van der Waals surface area contributed by atoms with Gasteiger partial charge in [-0.05, 0) is 25.3 Å². The second-order valence-corrected chi connectivity index (χ2v) is 4.10. The molecule has 0 N–H and O–H groups in total. The van der Waals surface area contributed by atoms with Gasteiger partial charge in [-0.25, -0.2) is 4.79 Å². The Labute approximate surface area is 99.3 Å². The molecule has 1 heterocycles. The maximum atomic E-state index is 11.5. The summed E-state index contributed by atoms with van der Waals surface area (Å²) in [5.41, 5.74) is 0. The Morgan fingerprint density at radius 3 is 2.88 bits per heavy atom. The lowest BCUT2D eigenvalue weighted by Gasteiger charge is -2.08. The summed E-state index contributed by atoms with van der Waals surface area (Å²) in [7, 11) is 1.63. The van der Waals surface area contributed by atoms with E-state index in [9.17, 15) is 4.79 Å². The van der Waals surface area contributed by atoms with Crippen LogP contribution in [0.2, 0.25) is 0 Å². The number of esters is 1. The van der Waals surface area contributed by atoms with Crippen molar-refractivity contribution < 1.29 is 18.7 Å². The molecule has 1 rings (SSSR count). The van der Waals surface area contributed by atoms with Crippen molar-refractivity contribution in [3.63, 3.8) is 0 Å². The number of furan rings is 1. The fourth-order valence-corrected chi connectivity index (χ4v) is 1.42. The first kappa shape index (κ1) is 13.1. The molecule has 5 heteroatoms. The molecule has 0 amide bonds. The van der Waals surface area contributed by atoms with E-state index in [1.165, 1.54) is 11.8 Å². The summed E-state index contributed by atoms with van der Waals surface area (Å²) in [6.45, 7) is 2.26. The molecule has 1 aromatic heterocycles. The summed E-state index contributed by atoms with van der Waals surface area (Å²) in [6.07, 6.45) is 2.65. The van der Waals surface area contributed by atoms with Gasteiger partial charge in [0.1, 0.15) is 0 Å². The topological polar surface area (TPSA) is 48.7 Å². The van der Waals surface area contributed by atoms with Gasteiger partial charge in [0.2, 0.25) is 5.76 Å². The molecule has 0 bridgehead atoms. The highest BCUT2D eigenvalue weighted by atomic mass is 32.2. The van der Waals surface area contributed by atoms with E-state index in [-0.39, 0.29) is 11.9 Å². The van der Waals surface area contributed by atoms with Crippen molar-refractivity contribution in [2.24, 2.45) is 0 Å². The number of ether oxygens (including phenoxy) is 2. The van der Waals surface area contributed by atoms with E-state index < -0.39 is 5.97 Å². The third kappa shape index (κ3) is 3.90. The van der Waals surface area contributed by atoms with Crippen molar-refractivity contribution in [2.45, 2.75) is 24.5 Å². The van der Waals surface area contributed by atoms with E-state index >= 15 is 0 Å². The Morgan fingerprint density at radius 2 is 2.31 bits per heavy atom. The zero-order chi connectivity index (χ0) is 12.0. The van der Waals surface area contributed by atoms with Crippen molar-refractivity contribution in [1.82, 2.24) is 0 Å². The minimum atomic E-state index is -0.427. The number of thioether (sulfide) groups is 1. The molecule has 0 aromatic carbocycles. The molecule has 16 heavy (non-hydrogen) atoms. The molecule has 0 aliphatic carbocycles. The third-order valence-corrected chi connectivity index (χ3v) is 2.77. The van der Waals surface area contributed by atoms with Crippen molar-refractivity contribution in [3.8, 4) is 0 Å². The standard InChI is InChI=1S/C11H16O4S/c1-8(13-2)6-7-14-11(12)9-4-5-10(15-9)16-3/h4-5,8H,6-7H2,1-3H3. The lowest BCUT2D eigenvalue weighted by atomic mass is 10.3. The fourth-order valence-electron chi connectivity index (χ4n) is 1.05. The van der Waals surface area contributed by atoms with E-state index in [0.29, 0.717) is 18.1 Å². The van der Waals surface area contributed by atoms with Crippen LogP contribution in [0.15, 0.2) is 21.6 Å². The first-order valence-corrected chi connectivity index (χ1v) is 6.23. The molecular formula is C11H16O4S. The zero-order valence-electron chi connectivity index (χ0n) is 9.69. The summed E-state index contributed by atoms with van der Waals surface area (Å²) in [5, 5.41) is 0.706. The van der Waals surface area contributed by atoms with Gasteiger partial charge in [0.25, 0.3) is 0 Å². The highest BCUT2D eigenvalue weighted by Gasteiger charge is 2.12. The van der Waals surface area contributed by atoms with Crippen molar-refractivity contribution in [1.29, 1.82) is 0 Å². The van der Waals surface area contributed by atoms with Crippen LogP contribution < -0.4 is 0 Å². The minimum absolute atomic E-state index is 0.0890. The summed E-state index contributed by atoms with van der Waals surface area (Å²) in [6, 6.07) is 3.37. The molecule has 0 aliphatic rings. The van der Waals surface area contributed by atoms with Crippen LogP contribution in [0.4, 0.5) is 0 Å². The van der Waals surface area contributed by atoms with Crippen LogP contribution in [-0.4, -0.2) is 32.0 Å². The lowest BCUT2D eigenvalue weighted by molar-refractivity contribution is 0.0355. The van der Waals surface area contributed by atoms with Crippen LogP contribution >= 0.6 is 11.8 Å².